The number of hydrogen-bond acceptors (Lipinski definition) is 6. The zero-order chi connectivity index (χ0) is 59.5. The SMILES string of the molecule is CC#CC#CC#CC#CC#CC#CC#CC#CC(=O)OC(CC)CN(CCCCCCCCCCCCCC)CCCCN(CCCCCCCCCCCCCC)CC(CC)OC(=O)C#CC#CC#CC#CC#CC#CC#CC#CC. The Labute approximate surface area is 500 Å². The minimum absolute atomic E-state index is 0.307. The van der Waals surface area contributed by atoms with E-state index in [0.29, 0.717) is 25.9 Å². The fourth-order valence-electron chi connectivity index (χ4n) is 8.09. The number of rotatable bonds is 39. The van der Waals surface area contributed by atoms with Crippen molar-refractivity contribution in [3.8, 4) is 189 Å². The van der Waals surface area contributed by atoms with E-state index in [1.807, 2.05) is 13.8 Å². The number of unbranched alkanes of at least 4 members (excludes halogenated alkanes) is 23. The quantitative estimate of drug-likeness (QED) is 0.0265. The highest BCUT2D eigenvalue weighted by atomic mass is 16.5. The molecule has 0 heterocycles. The zero-order valence-corrected chi connectivity index (χ0v) is 50.7. The molecule has 0 aromatic carbocycles. The summed E-state index contributed by atoms with van der Waals surface area (Å²) in [6.45, 7) is 16.9. The van der Waals surface area contributed by atoms with Crippen molar-refractivity contribution in [2.45, 2.75) is 234 Å². The largest absolute Gasteiger partial charge is 0.451 e. The molecule has 0 aromatic heterocycles. The van der Waals surface area contributed by atoms with E-state index in [4.69, 9.17) is 9.47 Å². The summed E-state index contributed by atoms with van der Waals surface area (Å²) in [7, 11) is 0. The predicted octanol–water partition coefficient (Wildman–Crippen LogP) is 12.5. The normalized spacial score (nSPS) is 9.41. The lowest BCUT2D eigenvalue weighted by atomic mass is 10.1. The fraction of sp³-hybridized carbons (Fsp3) is 0.553. The van der Waals surface area contributed by atoms with Crippen molar-refractivity contribution >= 4 is 11.9 Å². The van der Waals surface area contributed by atoms with E-state index in [1.165, 1.54) is 141 Å². The number of carbonyl (C=O) groups excluding carboxylic acids is 2. The molecule has 2 unspecified atom stereocenters. The van der Waals surface area contributed by atoms with Gasteiger partial charge >= 0.3 is 11.9 Å². The van der Waals surface area contributed by atoms with E-state index < -0.39 is 11.9 Å². The molecule has 0 rings (SSSR count). The van der Waals surface area contributed by atoms with E-state index in [0.717, 1.165) is 51.9 Å². The average molecular weight is 1090 g/mol. The zero-order valence-electron chi connectivity index (χ0n) is 50.7. The average Bonchev–Trinajstić information content (AvgIpc) is 3.48. The molecular formula is C76H88N2O4. The van der Waals surface area contributed by atoms with Gasteiger partial charge in [-0.05, 0) is 244 Å². The standard InChI is InChI=1S/C76H88N2O4/c1-7-13-17-21-25-29-33-37-39-41-43-47-51-55-59-65-75(79)81-73(11-5)71-77(67-61-57-53-49-45-35-31-27-23-19-15-9-3)69-63-64-70-78(68-62-58-54-50-46-36-32-28-24-20-16-10-4)72-74(12-6)82-76(80)66-60-56-52-48-44-42-40-38-34-30-26-22-18-14-8-2/h73-74H,9-12,15-16,19-20,23-24,27-28,31-32,35-36,45-46,49-50,53-54,57-58,61-64,67-72H2,1-6H3. The Kier molecular flexibility index (Phi) is 55.8. The van der Waals surface area contributed by atoms with Crippen LogP contribution in [0.2, 0.25) is 0 Å². The van der Waals surface area contributed by atoms with Crippen molar-refractivity contribution < 1.29 is 19.1 Å². The van der Waals surface area contributed by atoms with Crippen molar-refractivity contribution in [1.29, 1.82) is 0 Å². The van der Waals surface area contributed by atoms with Gasteiger partial charge in [0.2, 0.25) is 0 Å². The molecule has 426 valence electrons. The number of ether oxygens (including phenoxy) is 2. The van der Waals surface area contributed by atoms with Crippen molar-refractivity contribution in [3.63, 3.8) is 0 Å². The first-order valence-corrected chi connectivity index (χ1v) is 30.1. The highest BCUT2D eigenvalue weighted by Crippen LogP contribution is 2.15. The smallest absolute Gasteiger partial charge is 0.385 e. The minimum Gasteiger partial charge on any atom is -0.451 e. The van der Waals surface area contributed by atoms with Gasteiger partial charge in [-0.3, -0.25) is 9.80 Å². The molecule has 0 spiro atoms. The Bertz CT molecular complexity index is 2730. The first-order valence-electron chi connectivity index (χ1n) is 30.1. The molecule has 0 aliphatic rings. The molecule has 0 amide bonds. The van der Waals surface area contributed by atoms with Gasteiger partial charge < -0.3 is 9.47 Å². The minimum atomic E-state index is -0.609. The van der Waals surface area contributed by atoms with Gasteiger partial charge in [0.05, 0.1) is 0 Å². The third kappa shape index (κ3) is 55.1. The highest BCUT2D eigenvalue weighted by Gasteiger charge is 2.19. The van der Waals surface area contributed by atoms with Crippen LogP contribution in [-0.2, 0) is 19.1 Å². The van der Waals surface area contributed by atoms with Gasteiger partial charge in [-0.2, -0.15) is 0 Å². The van der Waals surface area contributed by atoms with Crippen LogP contribution in [0.25, 0.3) is 0 Å². The van der Waals surface area contributed by atoms with Gasteiger partial charge in [-0.25, -0.2) is 9.59 Å². The van der Waals surface area contributed by atoms with Crippen LogP contribution in [-0.4, -0.2) is 73.2 Å². The summed E-state index contributed by atoms with van der Waals surface area (Å²) in [4.78, 5) is 30.6. The summed E-state index contributed by atoms with van der Waals surface area (Å²) < 4.78 is 11.7. The molecule has 0 saturated heterocycles. The van der Waals surface area contributed by atoms with Gasteiger partial charge in [-0.15, -0.1) is 0 Å². The van der Waals surface area contributed by atoms with Crippen LogP contribution < -0.4 is 0 Å². The first kappa shape index (κ1) is 73.8. The van der Waals surface area contributed by atoms with Crippen LogP contribution in [0, 0.1) is 189 Å². The van der Waals surface area contributed by atoms with Gasteiger partial charge in [0.25, 0.3) is 0 Å². The van der Waals surface area contributed by atoms with Crippen molar-refractivity contribution in [3.05, 3.63) is 0 Å². The van der Waals surface area contributed by atoms with E-state index >= 15 is 0 Å². The predicted molar refractivity (Wildman–Crippen MR) is 340 cm³/mol. The molecule has 0 radical (unpaired) electrons. The number of carbonyl (C=O) groups is 2. The second-order valence-electron chi connectivity index (χ2n) is 19.2. The summed E-state index contributed by atoms with van der Waals surface area (Å²) in [6.07, 6.45) is 33.7. The number of hydrogen-bond donors (Lipinski definition) is 0. The molecular weight excluding hydrogens is 1000 g/mol. The molecule has 6 nitrogen and oxygen atoms in total. The van der Waals surface area contributed by atoms with Crippen molar-refractivity contribution in [1.82, 2.24) is 9.80 Å². The molecule has 0 aliphatic heterocycles. The lowest BCUT2D eigenvalue weighted by Gasteiger charge is -2.28. The van der Waals surface area contributed by atoms with E-state index in [2.05, 4.69) is 213 Å². The Balaban J connectivity index is 5.85. The lowest BCUT2D eigenvalue weighted by Crippen LogP contribution is -2.38. The van der Waals surface area contributed by atoms with Crippen LogP contribution in [0.15, 0.2) is 0 Å². The third-order valence-electron chi connectivity index (χ3n) is 12.4. The van der Waals surface area contributed by atoms with Gasteiger partial charge in [0.1, 0.15) is 12.2 Å². The second kappa shape index (κ2) is 62.0. The van der Waals surface area contributed by atoms with Crippen LogP contribution in [0.3, 0.4) is 0 Å². The molecule has 0 aliphatic carbocycles. The van der Waals surface area contributed by atoms with Crippen LogP contribution in [0.4, 0.5) is 0 Å². The molecule has 6 heteroatoms. The molecule has 0 aromatic rings. The number of esters is 2. The molecule has 2 atom stereocenters. The molecule has 0 saturated carbocycles. The molecule has 0 N–H and O–H groups in total. The van der Waals surface area contributed by atoms with Crippen LogP contribution >= 0.6 is 0 Å². The Morgan fingerprint density at radius 2 is 0.476 bits per heavy atom. The first-order chi connectivity index (χ1) is 40.4. The van der Waals surface area contributed by atoms with Crippen LogP contribution in [0.1, 0.15) is 221 Å². The summed E-state index contributed by atoms with van der Waals surface area (Å²) in [5.74, 6) is 81.0. The monoisotopic (exact) mass is 1090 g/mol. The lowest BCUT2D eigenvalue weighted by molar-refractivity contribution is -0.144. The van der Waals surface area contributed by atoms with E-state index in [9.17, 15) is 9.59 Å². The summed E-state index contributed by atoms with van der Waals surface area (Å²) in [5, 5.41) is 0. The third-order valence-corrected chi connectivity index (χ3v) is 12.4. The summed E-state index contributed by atoms with van der Waals surface area (Å²) in [6, 6.07) is 0. The van der Waals surface area contributed by atoms with Crippen molar-refractivity contribution in [2.24, 2.45) is 0 Å². The summed E-state index contributed by atoms with van der Waals surface area (Å²) >= 11 is 0. The maximum absolute atomic E-state index is 12.9. The Hall–Kier alpha value is -8.18. The van der Waals surface area contributed by atoms with Gasteiger partial charge in [-0.1, -0.05) is 181 Å². The van der Waals surface area contributed by atoms with E-state index in [1.54, 1.807) is 13.8 Å². The summed E-state index contributed by atoms with van der Waals surface area (Å²) in [5.41, 5.74) is 0. The highest BCUT2D eigenvalue weighted by molar-refractivity contribution is 5.89. The topological polar surface area (TPSA) is 59.1 Å². The van der Waals surface area contributed by atoms with Crippen LogP contribution in [0.5, 0.6) is 0 Å². The Morgan fingerprint density at radius 3 is 0.695 bits per heavy atom. The fourth-order valence-corrected chi connectivity index (χ4v) is 8.09. The molecule has 0 fully saturated rings. The maximum Gasteiger partial charge on any atom is 0.385 e. The van der Waals surface area contributed by atoms with Gasteiger partial charge in [0.15, 0.2) is 0 Å². The maximum atomic E-state index is 12.9. The van der Waals surface area contributed by atoms with Gasteiger partial charge in [0, 0.05) is 24.9 Å². The van der Waals surface area contributed by atoms with Crippen molar-refractivity contribution in [2.75, 3.05) is 39.3 Å². The molecule has 82 heavy (non-hydrogen) atoms. The number of nitrogens with zero attached hydrogens (tertiary/aromatic N) is 2. The van der Waals surface area contributed by atoms with E-state index in [-0.39, 0.29) is 12.2 Å². The second-order valence-corrected chi connectivity index (χ2v) is 19.2. The Morgan fingerprint density at radius 1 is 0.280 bits per heavy atom. The molecule has 0 bridgehead atoms.